The lowest BCUT2D eigenvalue weighted by molar-refractivity contribution is -0.458. The van der Waals surface area contributed by atoms with Crippen LogP contribution in [-0.4, -0.2) is 43.9 Å². The third-order valence-corrected chi connectivity index (χ3v) is 1.66. The summed E-state index contributed by atoms with van der Waals surface area (Å²) in [6, 6.07) is 0. The van der Waals surface area contributed by atoms with Gasteiger partial charge in [0.05, 0.1) is 0 Å². The summed E-state index contributed by atoms with van der Waals surface area (Å²) in [4.78, 5) is 2.00. The second-order valence-electron chi connectivity index (χ2n) is 3.96. The van der Waals surface area contributed by atoms with E-state index in [0.717, 1.165) is 0 Å². The third kappa shape index (κ3) is 14.2. The summed E-state index contributed by atoms with van der Waals surface area (Å²) in [7, 11) is 8.00. The molecule has 0 aliphatic carbocycles. The van der Waals surface area contributed by atoms with Gasteiger partial charge in [0.1, 0.15) is 14.1 Å². The number of allylic oxidation sites excluding steroid dienone is 9. The van der Waals surface area contributed by atoms with Crippen LogP contribution in [0, 0.1) is 0 Å². The van der Waals surface area contributed by atoms with Crippen molar-refractivity contribution in [1.29, 1.82) is 0 Å². The molecule has 0 rings (SSSR count). The largest absolute Gasteiger partial charge is 0.383 e. The lowest BCUT2D eigenvalue weighted by Crippen LogP contribution is -1.99. The van der Waals surface area contributed by atoms with E-state index in [4.69, 9.17) is 0 Å². The van der Waals surface area contributed by atoms with Crippen LogP contribution in [0.4, 0.5) is 0 Å². The standard InChI is InChI=1S/C15H23N2/c1-16(2)14-12-10-8-6-5-7-9-11-13-15-17(3)4/h5-15H,1-4H3/q+1. The van der Waals surface area contributed by atoms with Gasteiger partial charge in [0.15, 0.2) is 6.21 Å². The highest BCUT2D eigenvalue weighted by Crippen LogP contribution is 1.84. The van der Waals surface area contributed by atoms with Crippen molar-refractivity contribution < 1.29 is 4.58 Å². The van der Waals surface area contributed by atoms with Crippen molar-refractivity contribution in [2.75, 3.05) is 28.2 Å². The zero-order valence-corrected chi connectivity index (χ0v) is 11.2. The molecular weight excluding hydrogens is 208 g/mol. The molecule has 17 heavy (non-hydrogen) atoms. The number of hydrogen-bond donors (Lipinski definition) is 0. The van der Waals surface area contributed by atoms with E-state index in [-0.39, 0.29) is 0 Å². The Morgan fingerprint density at radius 3 is 1.47 bits per heavy atom. The average molecular weight is 231 g/mol. The van der Waals surface area contributed by atoms with Crippen LogP contribution >= 0.6 is 0 Å². The summed E-state index contributed by atoms with van der Waals surface area (Å²) in [5.41, 5.74) is 0. The Morgan fingerprint density at radius 1 is 0.647 bits per heavy atom. The van der Waals surface area contributed by atoms with E-state index in [2.05, 4.69) is 0 Å². The zero-order chi connectivity index (χ0) is 12.9. The van der Waals surface area contributed by atoms with Gasteiger partial charge < -0.3 is 4.90 Å². The maximum Gasteiger partial charge on any atom is 0.162 e. The minimum absolute atomic E-state index is 2.00. The van der Waals surface area contributed by atoms with Crippen LogP contribution < -0.4 is 0 Å². The Hall–Kier alpha value is -1.83. The van der Waals surface area contributed by atoms with Gasteiger partial charge in [-0.15, -0.1) is 0 Å². The molecule has 2 heteroatoms. The fourth-order valence-corrected chi connectivity index (χ4v) is 0.893. The second kappa shape index (κ2) is 10.7. The molecule has 0 radical (unpaired) electrons. The van der Waals surface area contributed by atoms with E-state index in [0.29, 0.717) is 0 Å². The Labute approximate surface area is 105 Å². The van der Waals surface area contributed by atoms with E-state index >= 15 is 0 Å². The van der Waals surface area contributed by atoms with Crippen molar-refractivity contribution in [3.63, 3.8) is 0 Å². The molecule has 0 aromatic rings. The van der Waals surface area contributed by atoms with Crippen molar-refractivity contribution in [3.05, 3.63) is 60.9 Å². The van der Waals surface area contributed by atoms with Gasteiger partial charge in [-0.1, -0.05) is 42.5 Å². The average Bonchev–Trinajstić information content (AvgIpc) is 2.25. The summed E-state index contributed by atoms with van der Waals surface area (Å²) in [5, 5.41) is 0. The van der Waals surface area contributed by atoms with Crippen molar-refractivity contribution >= 4 is 6.21 Å². The number of nitrogens with zero attached hydrogens (tertiary/aromatic N) is 2. The fourth-order valence-electron chi connectivity index (χ4n) is 0.893. The molecular formula is C15H23N2+. The van der Waals surface area contributed by atoms with Crippen LogP contribution in [0.1, 0.15) is 0 Å². The first kappa shape index (κ1) is 15.2. The fraction of sp³-hybridized carbons (Fsp3) is 0.267. The second-order valence-corrected chi connectivity index (χ2v) is 3.96. The quantitative estimate of drug-likeness (QED) is 0.387. The first-order valence-corrected chi connectivity index (χ1v) is 5.64. The summed E-state index contributed by atoms with van der Waals surface area (Å²) < 4.78 is 2.00. The lowest BCUT2D eigenvalue weighted by Gasteiger charge is -2.00. The van der Waals surface area contributed by atoms with Gasteiger partial charge in [-0.3, -0.25) is 0 Å². The van der Waals surface area contributed by atoms with E-state index in [1.54, 1.807) is 0 Å². The SMILES string of the molecule is CN(C)/C=C/C=C/C=C/C=C/C=C/C=[N+](C)C. The van der Waals surface area contributed by atoms with Crippen molar-refractivity contribution in [2.45, 2.75) is 0 Å². The van der Waals surface area contributed by atoms with Gasteiger partial charge in [-0.25, -0.2) is 4.58 Å². The molecule has 0 saturated carbocycles. The monoisotopic (exact) mass is 231 g/mol. The predicted octanol–water partition coefficient (Wildman–Crippen LogP) is 2.63. The van der Waals surface area contributed by atoms with Crippen LogP contribution in [0.2, 0.25) is 0 Å². The van der Waals surface area contributed by atoms with E-state index in [1.165, 1.54) is 0 Å². The summed E-state index contributed by atoms with van der Waals surface area (Å²) >= 11 is 0. The topological polar surface area (TPSA) is 6.25 Å². The summed E-state index contributed by atoms with van der Waals surface area (Å²) in [6.07, 6.45) is 22.0. The molecule has 92 valence electrons. The highest BCUT2D eigenvalue weighted by Gasteiger charge is 1.73. The van der Waals surface area contributed by atoms with Gasteiger partial charge in [0, 0.05) is 20.2 Å². The van der Waals surface area contributed by atoms with Crippen molar-refractivity contribution in [1.82, 2.24) is 4.90 Å². The van der Waals surface area contributed by atoms with E-state index < -0.39 is 0 Å². The van der Waals surface area contributed by atoms with Gasteiger partial charge in [-0.05, 0) is 12.3 Å². The minimum atomic E-state index is 2.00. The van der Waals surface area contributed by atoms with Crippen LogP contribution in [0.3, 0.4) is 0 Å². The molecule has 0 aromatic heterocycles. The van der Waals surface area contributed by atoms with Gasteiger partial charge in [0.2, 0.25) is 0 Å². The molecule has 0 amide bonds. The molecule has 2 nitrogen and oxygen atoms in total. The molecule has 0 heterocycles. The molecule has 0 saturated heterocycles. The minimum Gasteiger partial charge on any atom is -0.383 e. The van der Waals surface area contributed by atoms with E-state index in [9.17, 15) is 0 Å². The third-order valence-electron chi connectivity index (χ3n) is 1.66. The van der Waals surface area contributed by atoms with Gasteiger partial charge in [-0.2, -0.15) is 0 Å². The Kier molecular flexibility index (Phi) is 9.53. The molecule has 0 unspecified atom stereocenters. The van der Waals surface area contributed by atoms with Crippen LogP contribution in [-0.2, 0) is 0 Å². The maximum atomic E-state index is 2.00. The van der Waals surface area contributed by atoms with Gasteiger partial charge >= 0.3 is 0 Å². The molecule has 0 spiro atoms. The Morgan fingerprint density at radius 2 is 1.06 bits per heavy atom. The highest BCUT2D eigenvalue weighted by atomic mass is 15.0. The maximum absolute atomic E-state index is 2.00. The van der Waals surface area contributed by atoms with Crippen LogP contribution in [0.5, 0.6) is 0 Å². The molecule has 0 fully saturated rings. The Balaban J connectivity index is 3.84. The molecule has 0 aliphatic rings. The highest BCUT2D eigenvalue weighted by molar-refractivity contribution is 5.66. The van der Waals surface area contributed by atoms with Gasteiger partial charge in [0.25, 0.3) is 0 Å². The smallest absolute Gasteiger partial charge is 0.162 e. The lowest BCUT2D eigenvalue weighted by atomic mass is 10.4. The van der Waals surface area contributed by atoms with Crippen LogP contribution in [0.15, 0.2) is 60.9 Å². The molecule has 0 aromatic carbocycles. The molecule has 0 N–H and O–H groups in total. The van der Waals surface area contributed by atoms with Crippen LogP contribution in [0.25, 0.3) is 0 Å². The van der Waals surface area contributed by atoms with Crippen molar-refractivity contribution in [3.8, 4) is 0 Å². The molecule has 0 atom stereocenters. The summed E-state index contributed by atoms with van der Waals surface area (Å²) in [6.45, 7) is 0. The normalized spacial score (nSPS) is 12.7. The first-order valence-electron chi connectivity index (χ1n) is 5.64. The number of rotatable bonds is 6. The van der Waals surface area contributed by atoms with E-state index in [1.807, 2.05) is 105 Å². The first-order chi connectivity index (χ1) is 8.13. The summed E-state index contributed by atoms with van der Waals surface area (Å²) in [5.74, 6) is 0. The Bertz CT molecular complexity index is 349. The van der Waals surface area contributed by atoms with Crippen molar-refractivity contribution in [2.24, 2.45) is 0 Å². The zero-order valence-electron chi connectivity index (χ0n) is 11.2. The molecule has 0 bridgehead atoms. The predicted molar refractivity (Wildman–Crippen MR) is 77.6 cm³/mol. The number of hydrogen-bond acceptors (Lipinski definition) is 1. The molecule has 0 aliphatic heterocycles.